The molecule has 0 spiro atoms. The Bertz CT molecular complexity index is 1320. The topological polar surface area (TPSA) is 74.7 Å². The van der Waals surface area contributed by atoms with Crippen LogP contribution in [-0.4, -0.2) is 49.7 Å². The lowest BCUT2D eigenvalue weighted by Crippen LogP contribution is -3.15. The molecule has 1 aliphatic rings. The Morgan fingerprint density at radius 2 is 1.69 bits per heavy atom. The van der Waals surface area contributed by atoms with Gasteiger partial charge in [-0.1, -0.05) is 54.6 Å². The summed E-state index contributed by atoms with van der Waals surface area (Å²) in [6, 6.07) is 20.6. The number of piperazine rings is 1. The Kier molecular flexibility index (Phi) is 5.69. The van der Waals surface area contributed by atoms with Gasteiger partial charge in [0.1, 0.15) is 4.21 Å². The first-order chi connectivity index (χ1) is 15.6. The van der Waals surface area contributed by atoms with Gasteiger partial charge in [0.15, 0.2) is 6.04 Å². The Labute approximate surface area is 191 Å². The van der Waals surface area contributed by atoms with Crippen LogP contribution < -0.4 is 4.90 Å². The maximum Gasteiger partial charge on any atom is 0.252 e. The zero-order valence-electron chi connectivity index (χ0n) is 17.4. The van der Waals surface area contributed by atoms with E-state index in [1.807, 2.05) is 54.6 Å². The lowest BCUT2D eigenvalue weighted by Gasteiger charge is -2.35. The van der Waals surface area contributed by atoms with Crippen LogP contribution in [0.3, 0.4) is 0 Å². The van der Waals surface area contributed by atoms with E-state index in [9.17, 15) is 13.2 Å². The maximum absolute atomic E-state index is 13.8. The molecular formula is C24H24N3O3S2+. The molecule has 8 heteroatoms. The van der Waals surface area contributed by atoms with E-state index in [0.29, 0.717) is 36.0 Å². The molecule has 0 radical (unpaired) electrons. The first kappa shape index (κ1) is 21.1. The number of hydrogen-bond donors (Lipinski definition) is 2. The number of Topliss-reactive ketones (excluding diaryl/α,β-unsaturated/α-hetero) is 1. The van der Waals surface area contributed by atoms with E-state index in [1.54, 1.807) is 28.0 Å². The van der Waals surface area contributed by atoms with Crippen molar-refractivity contribution in [2.75, 3.05) is 26.2 Å². The van der Waals surface area contributed by atoms with Crippen LogP contribution in [0.15, 0.2) is 82.5 Å². The quantitative estimate of drug-likeness (QED) is 0.429. The van der Waals surface area contributed by atoms with Crippen LogP contribution in [0.25, 0.3) is 10.9 Å². The number of fused-ring (bicyclic) bond motifs is 1. The van der Waals surface area contributed by atoms with Gasteiger partial charge in [-0.05, 0) is 17.5 Å². The molecule has 0 unspecified atom stereocenters. The molecule has 2 aromatic carbocycles. The summed E-state index contributed by atoms with van der Waals surface area (Å²) >= 11 is 1.24. The second-order valence-electron chi connectivity index (χ2n) is 7.95. The first-order valence-electron chi connectivity index (χ1n) is 10.6. The van der Waals surface area contributed by atoms with Crippen LogP contribution in [0.1, 0.15) is 22.0 Å². The molecule has 164 valence electrons. The monoisotopic (exact) mass is 466 g/mol. The highest BCUT2D eigenvalue weighted by atomic mass is 32.2. The predicted molar refractivity (Wildman–Crippen MR) is 126 cm³/mol. The summed E-state index contributed by atoms with van der Waals surface area (Å²) in [7, 11) is -3.48. The maximum atomic E-state index is 13.8. The van der Waals surface area contributed by atoms with E-state index >= 15 is 0 Å². The van der Waals surface area contributed by atoms with Crippen molar-refractivity contribution in [3.63, 3.8) is 0 Å². The van der Waals surface area contributed by atoms with Crippen molar-refractivity contribution in [2.45, 2.75) is 10.3 Å². The second kappa shape index (κ2) is 8.63. The molecule has 0 saturated carbocycles. The lowest BCUT2D eigenvalue weighted by atomic mass is 9.95. The fraction of sp³-hybridized carbons (Fsp3) is 0.208. The third-order valence-electron chi connectivity index (χ3n) is 6.11. The van der Waals surface area contributed by atoms with Gasteiger partial charge < -0.3 is 9.88 Å². The number of para-hydroxylation sites is 1. The number of aromatic nitrogens is 1. The molecule has 0 amide bonds. The normalized spacial score (nSPS) is 16.9. The van der Waals surface area contributed by atoms with Crippen molar-refractivity contribution < 1.29 is 18.1 Å². The Hall–Kier alpha value is -2.78. The number of carbonyl (C=O) groups is 1. The van der Waals surface area contributed by atoms with Crippen molar-refractivity contribution in [1.29, 1.82) is 0 Å². The third kappa shape index (κ3) is 3.80. The van der Waals surface area contributed by atoms with Gasteiger partial charge >= 0.3 is 0 Å². The molecule has 2 N–H and O–H groups in total. The summed E-state index contributed by atoms with van der Waals surface area (Å²) in [6.45, 7) is 1.91. The van der Waals surface area contributed by atoms with Crippen molar-refractivity contribution >= 4 is 38.0 Å². The lowest BCUT2D eigenvalue weighted by molar-refractivity contribution is -0.924. The van der Waals surface area contributed by atoms with Gasteiger partial charge in [0, 0.05) is 28.2 Å². The van der Waals surface area contributed by atoms with Crippen LogP contribution in [0, 0.1) is 0 Å². The zero-order chi connectivity index (χ0) is 22.1. The van der Waals surface area contributed by atoms with Crippen LogP contribution in [0.5, 0.6) is 0 Å². The summed E-state index contributed by atoms with van der Waals surface area (Å²) < 4.78 is 27.7. The minimum absolute atomic E-state index is 0.0539. The number of hydrogen-bond acceptors (Lipinski definition) is 4. The van der Waals surface area contributed by atoms with Crippen LogP contribution in [-0.2, 0) is 10.0 Å². The number of aromatic amines is 1. The number of thiophene rings is 1. The minimum atomic E-state index is -3.48. The standard InChI is InChI=1S/C24H23N3O3S2/c28-24(20-17-25-21-10-5-4-9-19(20)21)23(18-7-2-1-3-8-18)26-12-14-27(15-13-26)32(29,30)22-11-6-16-31-22/h1-11,16-17,23,25H,12-15H2/p+1/t23-/m1/s1. The number of quaternary nitrogens is 1. The molecule has 32 heavy (non-hydrogen) atoms. The molecule has 1 saturated heterocycles. The molecule has 1 fully saturated rings. The summed E-state index contributed by atoms with van der Waals surface area (Å²) in [5.41, 5.74) is 2.56. The first-order valence-corrected chi connectivity index (χ1v) is 12.9. The fourth-order valence-electron chi connectivity index (χ4n) is 4.49. The number of nitrogens with one attached hydrogen (secondary N) is 2. The number of ketones is 1. The van der Waals surface area contributed by atoms with Crippen LogP contribution in [0.2, 0.25) is 0 Å². The van der Waals surface area contributed by atoms with Crippen molar-refractivity contribution in [3.8, 4) is 0 Å². The zero-order valence-corrected chi connectivity index (χ0v) is 19.0. The van der Waals surface area contributed by atoms with E-state index < -0.39 is 10.0 Å². The largest absolute Gasteiger partial charge is 0.360 e. The van der Waals surface area contributed by atoms with Gasteiger partial charge in [-0.25, -0.2) is 8.42 Å². The third-order valence-corrected chi connectivity index (χ3v) is 9.38. The van der Waals surface area contributed by atoms with Crippen LogP contribution >= 0.6 is 11.3 Å². The van der Waals surface area contributed by atoms with Gasteiger partial charge in [0.25, 0.3) is 10.0 Å². The average Bonchev–Trinajstić information content (AvgIpc) is 3.51. The van der Waals surface area contributed by atoms with E-state index in [4.69, 9.17) is 0 Å². The molecule has 4 aromatic rings. The summed E-state index contributed by atoms with van der Waals surface area (Å²) in [4.78, 5) is 18.1. The average molecular weight is 467 g/mol. The van der Waals surface area contributed by atoms with Crippen LogP contribution in [0.4, 0.5) is 0 Å². The SMILES string of the molecule is O=C(c1c[nH]c2ccccc12)[C@@H](c1ccccc1)[NH+]1CCN(S(=O)(=O)c2cccs2)CC1. The number of rotatable bonds is 6. The summed E-state index contributed by atoms with van der Waals surface area (Å²) in [6.07, 6.45) is 1.79. The van der Waals surface area contributed by atoms with Gasteiger partial charge in [-0.15, -0.1) is 11.3 Å². The highest BCUT2D eigenvalue weighted by molar-refractivity contribution is 7.91. The molecule has 5 rings (SSSR count). The number of H-pyrrole nitrogens is 1. The van der Waals surface area contributed by atoms with Gasteiger partial charge in [-0.3, -0.25) is 4.79 Å². The number of sulfonamides is 1. The van der Waals surface area contributed by atoms with E-state index in [0.717, 1.165) is 21.4 Å². The Balaban J connectivity index is 1.43. The molecule has 6 nitrogen and oxygen atoms in total. The Morgan fingerprint density at radius 3 is 2.41 bits per heavy atom. The molecule has 1 aliphatic heterocycles. The predicted octanol–water partition coefficient (Wildman–Crippen LogP) is 2.74. The number of benzene rings is 2. The molecule has 1 atom stereocenters. The van der Waals surface area contributed by atoms with Crippen molar-refractivity contribution in [3.05, 3.63) is 89.4 Å². The summed E-state index contributed by atoms with van der Waals surface area (Å²) in [5.74, 6) is 0.0539. The van der Waals surface area contributed by atoms with Crippen molar-refractivity contribution in [2.24, 2.45) is 0 Å². The minimum Gasteiger partial charge on any atom is -0.360 e. The van der Waals surface area contributed by atoms with E-state index in [2.05, 4.69) is 4.98 Å². The fourth-order valence-corrected chi connectivity index (χ4v) is 7.07. The highest BCUT2D eigenvalue weighted by Crippen LogP contribution is 2.24. The van der Waals surface area contributed by atoms with Gasteiger partial charge in [-0.2, -0.15) is 4.31 Å². The van der Waals surface area contributed by atoms with Gasteiger partial charge in [0.2, 0.25) is 5.78 Å². The molecular weight excluding hydrogens is 442 g/mol. The molecule has 0 bridgehead atoms. The second-order valence-corrected chi connectivity index (χ2v) is 11.1. The summed E-state index contributed by atoms with van der Waals surface area (Å²) in [5, 5.41) is 2.69. The van der Waals surface area contributed by atoms with Crippen molar-refractivity contribution in [1.82, 2.24) is 9.29 Å². The van der Waals surface area contributed by atoms with E-state index in [1.165, 1.54) is 11.3 Å². The number of carbonyl (C=O) groups excluding carboxylic acids is 1. The molecule has 2 aromatic heterocycles. The molecule has 3 heterocycles. The van der Waals surface area contributed by atoms with Gasteiger partial charge in [0.05, 0.1) is 26.2 Å². The molecule has 0 aliphatic carbocycles. The smallest absolute Gasteiger partial charge is 0.252 e. The van der Waals surface area contributed by atoms with E-state index in [-0.39, 0.29) is 11.8 Å². The highest BCUT2D eigenvalue weighted by Gasteiger charge is 2.38. The Morgan fingerprint density at radius 1 is 0.969 bits per heavy atom. The number of nitrogens with zero attached hydrogens (tertiary/aromatic N) is 1.